The fraction of sp³-hybridized carbons (Fsp3) is 0. The van der Waals surface area contributed by atoms with Gasteiger partial charge in [0.05, 0.1) is 11.4 Å². The highest BCUT2D eigenvalue weighted by atomic mass is 16.3. The number of fused-ring (bicyclic) bond motifs is 6. The fourth-order valence-corrected chi connectivity index (χ4v) is 10.9. The maximum absolute atomic E-state index is 6.43. The summed E-state index contributed by atoms with van der Waals surface area (Å²) in [5.41, 5.74) is 12.1. The Kier molecular flexibility index (Phi) is 6.68. The fourth-order valence-electron chi connectivity index (χ4n) is 10.9. The zero-order valence-electron chi connectivity index (χ0n) is 34.3. The van der Waals surface area contributed by atoms with Gasteiger partial charge in [0, 0.05) is 32.7 Å². The monoisotopic (exact) mass is 811 g/mol. The van der Waals surface area contributed by atoms with Gasteiger partial charge in [-0.1, -0.05) is 127 Å². The Bertz CT molecular complexity index is 4120. The average molecular weight is 812 g/mol. The lowest BCUT2D eigenvalue weighted by atomic mass is 9.89. The zero-order valence-corrected chi connectivity index (χ0v) is 34.3. The van der Waals surface area contributed by atoms with Gasteiger partial charge in [-0.25, -0.2) is 4.98 Å². The Morgan fingerprint density at radius 2 is 0.578 bits per heavy atom. The van der Waals surface area contributed by atoms with Gasteiger partial charge in [-0.3, -0.25) is 0 Å². The molecule has 0 saturated heterocycles. The van der Waals surface area contributed by atoms with Crippen molar-refractivity contribution in [3.05, 3.63) is 200 Å². The molecule has 0 aliphatic rings. The van der Waals surface area contributed by atoms with E-state index in [1.54, 1.807) is 0 Å². The minimum atomic E-state index is 0.862. The number of benzene rings is 12. The Hall–Kier alpha value is -8.53. The Balaban J connectivity index is 0.816. The molecule has 294 valence electrons. The van der Waals surface area contributed by atoms with E-state index in [4.69, 9.17) is 13.8 Å². The van der Waals surface area contributed by atoms with Crippen LogP contribution in [0.4, 0.5) is 0 Å². The Labute approximate surface area is 365 Å². The summed E-state index contributed by atoms with van der Waals surface area (Å²) in [6.45, 7) is 0. The molecule has 12 aromatic carbocycles. The summed E-state index contributed by atoms with van der Waals surface area (Å²) in [5.74, 6) is 0. The van der Waals surface area contributed by atoms with Gasteiger partial charge in [0.15, 0.2) is 0 Å². The van der Waals surface area contributed by atoms with Crippen LogP contribution in [0.3, 0.4) is 0 Å². The second-order valence-electron chi connectivity index (χ2n) is 17.4. The van der Waals surface area contributed by atoms with Gasteiger partial charge in [0.2, 0.25) is 0 Å². The summed E-state index contributed by atoms with van der Waals surface area (Å²) in [4.78, 5) is 5.27. The molecule has 0 N–H and O–H groups in total. The van der Waals surface area contributed by atoms with Crippen molar-refractivity contribution in [1.29, 1.82) is 0 Å². The smallest absolute Gasteiger partial charge is 0.135 e. The summed E-state index contributed by atoms with van der Waals surface area (Å²) in [6.07, 6.45) is 0. The molecule has 0 aliphatic heterocycles. The maximum atomic E-state index is 6.43. The van der Waals surface area contributed by atoms with Crippen molar-refractivity contribution in [3.63, 3.8) is 0 Å². The first-order valence-electron chi connectivity index (χ1n) is 21.9. The summed E-state index contributed by atoms with van der Waals surface area (Å²) < 4.78 is 12.9. The number of pyridine rings is 1. The molecule has 3 heteroatoms. The van der Waals surface area contributed by atoms with Crippen LogP contribution in [0.25, 0.3) is 153 Å². The molecule has 3 heterocycles. The standard InChI is InChI=1S/C61H33NO2/c1-4-34-10-12-38-14-22-44(46-24-16-36(6-1)58(34)60(38)46)40-18-26-54-48(30-40)50-32-42(20-28-56(50)63-54)52-8-3-9-53(62-52)43-21-29-57-51(33-43)49-31-41(19-27-55(49)64-57)45-23-15-39-13-11-35-5-2-7-37-17-25-47(45)61(39)59(35)37/h1-33H. The highest BCUT2D eigenvalue weighted by Gasteiger charge is 2.18. The van der Waals surface area contributed by atoms with Crippen LogP contribution >= 0.6 is 0 Å². The van der Waals surface area contributed by atoms with Crippen molar-refractivity contribution in [2.24, 2.45) is 0 Å². The molecular formula is C61H33NO2. The van der Waals surface area contributed by atoms with E-state index in [1.807, 2.05) is 0 Å². The maximum Gasteiger partial charge on any atom is 0.135 e. The van der Waals surface area contributed by atoms with Gasteiger partial charge in [-0.05, 0) is 160 Å². The highest BCUT2D eigenvalue weighted by molar-refractivity contribution is 6.27. The van der Waals surface area contributed by atoms with E-state index >= 15 is 0 Å². The summed E-state index contributed by atoms with van der Waals surface area (Å²) in [5, 5.41) is 19.8. The predicted octanol–water partition coefficient (Wildman–Crippen LogP) is 17.3. The van der Waals surface area contributed by atoms with Gasteiger partial charge in [-0.2, -0.15) is 0 Å². The van der Waals surface area contributed by atoms with Crippen LogP contribution < -0.4 is 0 Å². The van der Waals surface area contributed by atoms with Gasteiger partial charge in [0.1, 0.15) is 22.3 Å². The van der Waals surface area contributed by atoms with Crippen LogP contribution in [0.5, 0.6) is 0 Å². The van der Waals surface area contributed by atoms with Gasteiger partial charge >= 0.3 is 0 Å². The lowest BCUT2D eigenvalue weighted by Crippen LogP contribution is -1.88. The number of hydrogen-bond donors (Lipinski definition) is 0. The predicted molar refractivity (Wildman–Crippen MR) is 268 cm³/mol. The second kappa shape index (κ2) is 12.5. The minimum absolute atomic E-state index is 0.862. The molecule has 0 amide bonds. The van der Waals surface area contributed by atoms with E-state index in [0.717, 1.165) is 66.4 Å². The third-order valence-corrected chi connectivity index (χ3v) is 14.0. The molecule has 0 fully saturated rings. The van der Waals surface area contributed by atoms with Crippen LogP contribution in [0.2, 0.25) is 0 Å². The van der Waals surface area contributed by atoms with Gasteiger partial charge in [-0.15, -0.1) is 0 Å². The molecule has 0 bridgehead atoms. The van der Waals surface area contributed by atoms with Gasteiger partial charge < -0.3 is 8.83 Å². The minimum Gasteiger partial charge on any atom is -0.456 e. The van der Waals surface area contributed by atoms with Crippen LogP contribution in [0, 0.1) is 0 Å². The molecule has 0 atom stereocenters. The SMILES string of the molecule is c1cc(-c2ccc3oc4ccc(-c5ccc6ccc7cccc8ccc5c6c78)cc4c3c2)nc(-c2ccc3oc4ccc(-c5ccc6ccc7cccc8ccc5c6c78)cc4c3c2)c1. The number of rotatable bonds is 4. The van der Waals surface area contributed by atoms with E-state index in [-0.39, 0.29) is 0 Å². The Morgan fingerprint density at radius 1 is 0.250 bits per heavy atom. The Morgan fingerprint density at radius 3 is 1.00 bits per heavy atom. The van der Waals surface area contributed by atoms with Crippen LogP contribution in [0.1, 0.15) is 0 Å². The first-order chi connectivity index (χ1) is 31.7. The van der Waals surface area contributed by atoms with E-state index in [2.05, 4.69) is 200 Å². The van der Waals surface area contributed by atoms with E-state index in [1.165, 1.54) is 86.9 Å². The molecule has 0 aliphatic carbocycles. The third kappa shape index (κ3) is 4.78. The van der Waals surface area contributed by atoms with Crippen LogP contribution in [-0.2, 0) is 0 Å². The van der Waals surface area contributed by atoms with E-state index in [9.17, 15) is 0 Å². The molecule has 3 nitrogen and oxygen atoms in total. The quantitative estimate of drug-likeness (QED) is 0.166. The van der Waals surface area contributed by atoms with Crippen molar-refractivity contribution in [1.82, 2.24) is 4.98 Å². The zero-order chi connectivity index (χ0) is 41.6. The molecule has 0 unspecified atom stereocenters. The molecule has 15 aromatic rings. The summed E-state index contributed by atoms with van der Waals surface area (Å²) in [6, 6.07) is 72.6. The molecular weight excluding hydrogens is 779 g/mol. The lowest BCUT2D eigenvalue weighted by Gasteiger charge is -2.14. The second-order valence-corrected chi connectivity index (χ2v) is 17.4. The van der Waals surface area contributed by atoms with Crippen molar-refractivity contribution < 1.29 is 8.83 Å². The lowest BCUT2D eigenvalue weighted by molar-refractivity contribution is 0.668. The van der Waals surface area contributed by atoms with Crippen molar-refractivity contribution in [3.8, 4) is 44.8 Å². The topological polar surface area (TPSA) is 39.2 Å². The number of aromatic nitrogens is 1. The number of hydrogen-bond acceptors (Lipinski definition) is 3. The molecule has 3 aromatic heterocycles. The van der Waals surface area contributed by atoms with Crippen LogP contribution in [0.15, 0.2) is 209 Å². The van der Waals surface area contributed by atoms with Crippen LogP contribution in [-0.4, -0.2) is 4.98 Å². The molecule has 0 radical (unpaired) electrons. The van der Waals surface area contributed by atoms with Gasteiger partial charge in [0.25, 0.3) is 0 Å². The van der Waals surface area contributed by atoms with Crippen molar-refractivity contribution >= 4 is 109 Å². The number of furan rings is 2. The first-order valence-corrected chi connectivity index (χ1v) is 21.9. The molecule has 15 rings (SSSR count). The van der Waals surface area contributed by atoms with Crippen molar-refractivity contribution in [2.45, 2.75) is 0 Å². The normalized spacial score (nSPS) is 12.4. The van der Waals surface area contributed by atoms with Crippen molar-refractivity contribution in [2.75, 3.05) is 0 Å². The average Bonchev–Trinajstić information content (AvgIpc) is 3.91. The van der Waals surface area contributed by atoms with E-state index < -0.39 is 0 Å². The van der Waals surface area contributed by atoms with E-state index in [0.29, 0.717) is 0 Å². The largest absolute Gasteiger partial charge is 0.456 e. The first kappa shape index (κ1) is 34.1. The number of nitrogens with zero attached hydrogens (tertiary/aromatic N) is 1. The molecule has 0 saturated carbocycles. The molecule has 64 heavy (non-hydrogen) atoms. The molecule has 0 spiro atoms. The third-order valence-electron chi connectivity index (χ3n) is 14.0. The highest BCUT2D eigenvalue weighted by Crippen LogP contribution is 2.44. The summed E-state index contributed by atoms with van der Waals surface area (Å²) in [7, 11) is 0. The summed E-state index contributed by atoms with van der Waals surface area (Å²) >= 11 is 0.